The van der Waals surface area contributed by atoms with E-state index in [1.807, 2.05) is 24.8 Å². The highest BCUT2D eigenvalue weighted by Gasteiger charge is 2.36. The first kappa shape index (κ1) is 51.0. The summed E-state index contributed by atoms with van der Waals surface area (Å²) in [4.78, 5) is 19.5. The second-order valence-corrected chi connectivity index (χ2v) is 20.6. The fraction of sp³-hybridized carbons (Fsp3) is 0.667. The maximum atomic E-state index is 7.80. The lowest BCUT2D eigenvalue weighted by molar-refractivity contribution is -0.0907. The molecule has 0 spiro atoms. The van der Waals surface area contributed by atoms with Gasteiger partial charge in [0, 0.05) is 23.5 Å². The Kier molecular flexibility index (Phi) is 23.0. The van der Waals surface area contributed by atoms with E-state index >= 15 is 0 Å². The Balaban J connectivity index is 1.22. The minimum Gasteiger partial charge on any atom is -0.365 e. The summed E-state index contributed by atoms with van der Waals surface area (Å²) in [5, 5.41) is 0. The van der Waals surface area contributed by atoms with Gasteiger partial charge in [0.15, 0.2) is 0 Å². The Bertz CT molecular complexity index is 1670. The molecule has 2 fully saturated rings. The highest BCUT2D eigenvalue weighted by atomic mass is 16.5. The summed E-state index contributed by atoms with van der Waals surface area (Å²) >= 11 is 0. The van der Waals surface area contributed by atoms with Crippen molar-refractivity contribution in [3.63, 3.8) is 0 Å². The van der Waals surface area contributed by atoms with Crippen LogP contribution in [-0.2, 0) is 17.6 Å². The Morgan fingerprint density at radius 1 is 0.400 bits per heavy atom. The van der Waals surface area contributed by atoms with E-state index in [4.69, 9.17) is 24.7 Å². The SMILES string of the molecule is CCCCCCCC1CCC(C(OC(c2ccc(-c3cnc(CCCCCC)cn3)cc2)C2CCC(CCCCCCC)CC2)c2ccc(-c3cnc(CCCCCC)cn3)cc2)CC1. The fourth-order valence-electron chi connectivity index (χ4n) is 11.1. The first-order valence-corrected chi connectivity index (χ1v) is 27.6. The second kappa shape index (κ2) is 29.3. The van der Waals surface area contributed by atoms with Gasteiger partial charge >= 0.3 is 0 Å². The average Bonchev–Trinajstić information content (AvgIpc) is 3.36. The van der Waals surface area contributed by atoms with E-state index in [9.17, 15) is 0 Å². The maximum Gasteiger partial charge on any atom is 0.0885 e. The summed E-state index contributed by atoms with van der Waals surface area (Å²) in [6, 6.07) is 18.6. The van der Waals surface area contributed by atoms with Crippen LogP contribution in [0.4, 0.5) is 0 Å². The number of unbranched alkanes of at least 4 members (excludes halogenated alkanes) is 14. The van der Waals surface area contributed by atoms with Crippen LogP contribution < -0.4 is 0 Å². The number of benzene rings is 2. The molecule has 4 aromatic rings. The molecule has 5 heteroatoms. The van der Waals surface area contributed by atoms with Gasteiger partial charge < -0.3 is 4.74 Å². The van der Waals surface area contributed by atoms with E-state index in [0.717, 1.165) is 58.6 Å². The monoisotopic (exact) mass is 883 g/mol. The van der Waals surface area contributed by atoms with Gasteiger partial charge in [-0.3, -0.25) is 19.9 Å². The van der Waals surface area contributed by atoms with Crippen molar-refractivity contribution < 1.29 is 4.74 Å². The molecular weight excluding hydrogens is 793 g/mol. The minimum absolute atomic E-state index is 0.0582. The molecule has 356 valence electrons. The van der Waals surface area contributed by atoms with Gasteiger partial charge in [-0.1, -0.05) is 217 Å². The van der Waals surface area contributed by atoms with Crippen LogP contribution in [0.5, 0.6) is 0 Å². The van der Waals surface area contributed by atoms with Gasteiger partial charge in [0.25, 0.3) is 0 Å². The number of aryl methyl sites for hydroxylation is 2. The van der Waals surface area contributed by atoms with Crippen molar-refractivity contribution in [3.8, 4) is 22.5 Å². The molecule has 2 unspecified atom stereocenters. The molecule has 2 atom stereocenters. The van der Waals surface area contributed by atoms with E-state index in [0.29, 0.717) is 11.8 Å². The predicted octanol–water partition coefficient (Wildman–Crippen LogP) is 18.0. The van der Waals surface area contributed by atoms with Crippen LogP contribution in [0.15, 0.2) is 73.3 Å². The molecule has 0 bridgehead atoms. The van der Waals surface area contributed by atoms with Crippen LogP contribution in [0, 0.1) is 23.7 Å². The number of hydrogen-bond acceptors (Lipinski definition) is 5. The molecule has 2 aromatic carbocycles. The molecule has 0 radical (unpaired) electrons. The zero-order valence-corrected chi connectivity index (χ0v) is 41.8. The van der Waals surface area contributed by atoms with E-state index in [-0.39, 0.29) is 12.2 Å². The third-order valence-corrected chi connectivity index (χ3v) is 15.4. The molecular formula is C60H90N4O. The average molecular weight is 883 g/mol. The number of ether oxygens (including phenoxy) is 1. The maximum absolute atomic E-state index is 7.80. The summed E-state index contributed by atoms with van der Waals surface area (Å²) in [7, 11) is 0. The molecule has 5 nitrogen and oxygen atoms in total. The van der Waals surface area contributed by atoms with Gasteiger partial charge in [-0.05, 0) is 86.2 Å². The number of aromatic nitrogens is 4. The van der Waals surface area contributed by atoms with Crippen molar-refractivity contribution in [1.82, 2.24) is 19.9 Å². The topological polar surface area (TPSA) is 60.8 Å². The summed E-state index contributed by atoms with van der Waals surface area (Å²) in [5.41, 5.74) is 9.04. The summed E-state index contributed by atoms with van der Waals surface area (Å²) in [5.74, 6) is 2.76. The summed E-state index contributed by atoms with van der Waals surface area (Å²) < 4.78 is 7.80. The Hall–Kier alpha value is -3.44. The van der Waals surface area contributed by atoms with Gasteiger partial charge in [-0.25, -0.2) is 0 Å². The zero-order chi connectivity index (χ0) is 45.3. The standard InChI is InChI=1S/C60H90N4O/c1-5-9-13-17-19-23-47-27-31-51(32-28-47)59(53-39-35-49(36-40-53)57-45-61-55(43-63-57)25-21-15-11-7-3)65-60(52-33-29-48(30-34-52)24-20-18-14-10-6-2)54-41-37-50(38-42-54)58-46-62-56(44-64-58)26-22-16-12-8-4/h35-48,51-52,59-60H,5-34H2,1-4H3. The van der Waals surface area contributed by atoms with Crippen molar-refractivity contribution in [1.29, 1.82) is 0 Å². The molecule has 2 aliphatic carbocycles. The van der Waals surface area contributed by atoms with E-state index < -0.39 is 0 Å². The van der Waals surface area contributed by atoms with Crippen LogP contribution in [0.1, 0.15) is 242 Å². The molecule has 0 saturated heterocycles. The summed E-state index contributed by atoms with van der Waals surface area (Å²) in [6.07, 6.45) is 47.0. The van der Waals surface area contributed by atoms with Gasteiger partial charge in [0.05, 0.1) is 47.4 Å². The third kappa shape index (κ3) is 17.0. The quantitative estimate of drug-likeness (QED) is 0.0488. The summed E-state index contributed by atoms with van der Waals surface area (Å²) in [6.45, 7) is 9.17. The van der Waals surface area contributed by atoms with Crippen molar-refractivity contribution in [3.05, 3.63) is 95.8 Å². The molecule has 2 aliphatic rings. The van der Waals surface area contributed by atoms with Crippen LogP contribution in [0.3, 0.4) is 0 Å². The fourth-order valence-corrected chi connectivity index (χ4v) is 11.1. The van der Waals surface area contributed by atoms with Crippen molar-refractivity contribution in [2.75, 3.05) is 0 Å². The van der Waals surface area contributed by atoms with Crippen LogP contribution in [0.2, 0.25) is 0 Å². The van der Waals surface area contributed by atoms with Crippen molar-refractivity contribution in [2.45, 2.75) is 233 Å². The molecule has 0 aliphatic heterocycles. The normalized spacial score (nSPS) is 19.9. The molecule has 2 saturated carbocycles. The van der Waals surface area contributed by atoms with Crippen molar-refractivity contribution >= 4 is 0 Å². The van der Waals surface area contributed by atoms with Gasteiger partial charge in [0.2, 0.25) is 0 Å². The Morgan fingerprint density at radius 3 is 1.09 bits per heavy atom. The predicted molar refractivity (Wildman–Crippen MR) is 275 cm³/mol. The van der Waals surface area contributed by atoms with Crippen LogP contribution in [-0.4, -0.2) is 19.9 Å². The molecule has 2 aromatic heterocycles. The first-order valence-electron chi connectivity index (χ1n) is 27.6. The number of hydrogen-bond donors (Lipinski definition) is 0. The Morgan fingerprint density at radius 2 is 0.754 bits per heavy atom. The van der Waals surface area contributed by atoms with E-state index in [2.05, 4.69) is 76.2 Å². The van der Waals surface area contributed by atoms with Crippen molar-refractivity contribution in [2.24, 2.45) is 23.7 Å². The van der Waals surface area contributed by atoms with Gasteiger partial charge in [-0.2, -0.15) is 0 Å². The molecule has 2 heterocycles. The number of nitrogens with zero attached hydrogens (tertiary/aromatic N) is 4. The smallest absolute Gasteiger partial charge is 0.0885 e. The third-order valence-electron chi connectivity index (χ3n) is 15.4. The van der Waals surface area contributed by atoms with Crippen LogP contribution >= 0.6 is 0 Å². The number of rotatable bonds is 30. The van der Waals surface area contributed by atoms with Crippen LogP contribution in [0.25, 0.3) is 22.5 Å². The zero-order valence-electron chi connectivity index (χ0n) is 41.8. The first-order chi connectivity index (χ1) is 32.1. The molecule has 6 rings (SSSR count). The van der Waals surface area contributed by atoms with E-state index in [1.54, 1.807) is 0 Å². The lowest BCUT2D eigenvalue weighted by atomic mass is 9.74. The molecule has 65 heavy (non-hydrogen) atoms. The molecule has 0 amide bonds. The highest BCUT2D eigenvalue weighted by molar-refractivity contribution is 5.59. The lowest BCUT2D eigenvalue weighted by Gasteiger charge is -2.40. The lowest BCUT2D eigenvalue weighted by Crippen LogP contribution is -2.28. The largest absolute Gasteiger partial charge is 0.365 e. The molecule has 0 N–H and O–H groups in total. The van der Waals surface area contributed by atoms with E-state index in [1.165, 1.54) is 191 Å². The van der Waals surface area contributed by atoms with Gasteiger partial charge in [0.1, 0.15) is 0 Å². The van der Waals surface area contributed by atoms with Gasteiger partial charge in [-0.15, -0.1) is 0 Å². The Labute approximate surface area is 397 Å². The minimum atomic E-state index is 0.0582. The second-order valence-electron chi connectivity index (χ2n) is 20.6. The highest BCUT2D eigenvalue weighted by Crippen LogP contribution is 2.47.